The molecular weight excluding hydrogens is 288 g/mol. The minimum Gasteiger partial charge on any atom is -0.397 e. The Kier molecular flexibility index (Phi) is 3.72. The van der Waals surface area contributed by atoms with Gasteiger partial charge in [-0.15, -0.1) is 11.3 Å². The normalized spacial score (nSPS) is 13.8. The van der Waals surface area contributed by atoms with Gasteiger partial charge in [-0.2, -0.15) is 11.8 Å². The molecule has 2 aromatic rings. The molecule has 0 bridgehead atoms. The number of amides is 1. The fraction of sp³-hybridized carbons (Fsp3) is 0.267. The van der Waals surface area contributed by atoms with E-state index in [9.17, 15) is 4.79 Å². The molecule has 104 valence electrons. The van der Waals surface area contributed by atoms with Crippen molar-refractivity contribution in [2.75, 3.05) is 16.8 Å². The van der Waals surface area contributed by atoms with E-state index in [2.05, 4.69) is 5.32 Å². The topological polar surface area (TPSA) is 55.1 Å². The smallest absolute Gasteiger partial charge is 0.265 e. The predicted octanol–water partition coefficient (Wildman–Crippen LogP) is 3.68. The number of fused-ring (bicyclic) bond motifs is 1. The summed E-state index contributed by atoms with van der Waals surface area (Å²) < 4.78 is 0. The summed E-state index contributed by atoms with van der Waals surface area (Å²) in [7, 11) is 0. The average molecular weight is 304 g/mol. The summed E-state index contributed by atoms with van der Waals surface area (Å²) in [6.07, 6.45) is 1.07. The summed E-state index contributed by atoms with van der Waals surface area (Å²) in [6.45, 7) is 1.98. The Morgan fingerprint density at radius 2 is 2.20 bits per heavy atom. The molecule has 0 spiro atoms. The van der Waals surface area contributed by atoms with Gasteiger partial charge in [-0.3, -0.25) is 4.79 Å². The monoisotopic (exact) mass is 304 g/mol. The highest BCUT2D eigenvalue weighted by atomic mass is 32.2. The molecule has 0 atom stereocenters. The Morgan fingerprint density at radius 3 is 3.00 bits per heavy atom. The molecule has 3 nitrogen and oxygen atoms in total. The molecule has 0 unspecified atom stereocenters. The van der Waals surface area contributed by atoms with E-state index in [1.807, 2.05) is 43.0 Å². The minimum absolute atomic E-state index is 0.0632. The first-order valence-electron chi connectivity index (χ1n) is 6.50. The molecule has 0 saturated heterocycles. The molecular formula is C15H16N2OS2. The van der Waals surface area contributed by atoms with Crippen molar-refractivity contribution in [3.05, 3.63) is 45.1 Å². The number of benzene rings is 1. The first-order chi connectivity index (χ1) is 9.63. The van der Waals surface area contributed by atoms with Gasteiger partial charge >= 0.3 is 0 Å². The third-order valence-electron chi connectivity index (χ3n) is 3.31. The first-order valence-corrected chi connectivity index (χ1v) is 8.47. The van der Waals surface area contributed by atoms with Crippen LogP contribution in [0.15, 0.2) is 24.3 Å². The molecule has 0 aliphatic carbocycles. The number of nitrogens with one attached hydrogen (secondary N) is 1. The van der Waals surface area contributed by atoms with Crippen molar-refractivity contribution in [1.82, 2.24) is 0 Å². The van der Waals surface area contributed by atoms with E-state index in [-0.39, 0.29) is 5.91 Å². The summed E-state index contributed by atoms with van der Waals surface area (Å²) in [4.78, 5) is 14.5. The van der Waals surface area contributed by atoms with Crippen molar-refractivity contribution >= 4 is 40.4 Å². The van der Waals surface area contributed by atoms with Gasteiger partial charge in [0.15, 0.2) is 0 Å². The molecule has 2 heterocycles. The standard InChI is InChI=1S/C15H16N2OS2/c1-9-2-3-11(16)12(6-9)17-15(18)14-7-10-8-19-5-4-13(10)20-14/h2-3,6-7H,4-5,8,16H2,1H3,(H,17,18). The average Bonchev–Trinajstić information content (AvgIpc) is 2.87. The lowest BCUT2D eigenvalue weighted by atomic mass is 10.2. The quantitative estimate of drug-likeness (QED) is 0.832. The van der Waals surface area contributed by atoms with Gasteiger partial charge in [0.05, 0.1) is 16.3 Å². The second-order valence-electron chi connectivity index (χ2n) is 4.91. The lowest BCUT2D eigenvalue weighted by molar-refractivity contribution is 0.103. The molecule has 0 radical (unpaired) electrons. The van der Waals surface area contributed by atoms with Crippen LogP contribution in [0.4, 0.5) is 11.4 Å². The molecule has 0 saturated carbocycles. The number of carbonyl (C=O) groups is 1. The predicted molar refractivity (Wildman–Crippen MR) is 87.7 cm³/mol. The molecule has 1 aromatic heterocycles. The number of aryl methyl sites for hydroxylation is 2. The zero-order valence-corrected chi connectivity index (χ0v) is 12.9. The number of hydrogen-bond donors (Lipinski definition) is 2. The molecule has 1 aromatic carbocycles. The first kappa shape index (κ1) is 13.5. The molecule has 3 N–H and O–H groups in total. The Labute approximate surface area is 126 Å². The van der Waals surface area contributed by atoms with Crippen LogP contribution in [0.5, 0.6) is 0 Å². The zero-order chi connectivity index (χ0) is 14.1. The summed E-state index contributed by atoms with van der Waals surface area (Å²) in [5, 5.41) is 2.92. The molecule has 1 amide bonds. The van der Waals surface area contributed by atoms with Crippen molar-refractivity contribution in [3.8, 4) is 0 Å². The maximum absolute atomic E-state index is 12.3. The number of rotatable bonds is 2. The van der Waals surface area contributed by atoms with Gasteiger partial charge in [0, 0.05) is 10.6 Å². The Hall–Kier alpha value is -1.46. The number of nitrogens with two attached hydrogens (primary N) is 1. The van der Waals surface area contributed by atoms with Crippen LogP contribution in [-0.2, 0) is 12.2 Å². The van der Waals surface area contributed by atoms with Crippen LogP contribution < -0.4 is 11.1 Å². The fourth-order valence-corrected chi connectivity index (χ4v) is 4.49. The van der Waals surface area contributed by atoms with E-state index in [1.165, 1.54) is 10.4 Å². The number of nitrogen functional groups attached to an aromatic ring is 1. The molecule has 20 heavy (non-hydrogen) atoms. The Balaban J connectivity index is 1.82. The number of anilines is 2. The van der Waals surface area contributed by atoms with E-state index in [1.54, 1.807) is 11.3 Å². The number of thioether (sulfide) groups is 1. The zero-order valence-electron chi connectivity index (χ0n) is 11.2. The highest BCUT2D eigenvalue weighted by Gasteiger charge is 2.18. The lowest BCUT2D eigenvalue weighted by Crippen LogP contribution is -2.11. The van der Waals surface area contributed by atoms with Gasteiger partial charge in [0.2, 0.25) is 0 Å². The largest absolute Gasteiger partial charge is 0.397 e. The lowest BCUT2D eigenvalue weighted by Gasteiger charge is -2.08. The molecule has 5 heteroatoms. The minimum atomic E-state index is -0.0632. The van der Waals surface area contributed by atoms with Crippen LogP contribution in [0.1, 0.15) is 25.7 Å². The van der Waals surface area contributed by atoms with E-state index >= 15 is 0 Å². The maximum atomic E-state index is 12.3. The SMILES string of the molecule is Cc1ccc(N)c(NC(=O)c2cc3c(s2)CCSC3)c1. The fourth-order valence-electron chi connectivity index (χ4n) is 2.22. The highest BCUT2D eigenvalue weighted by molar-refractivity contribution is 7.98. The van der Waals surface area contributed by atoms with Crippen molar-refractivity contribution < 1.29 is 4.79 Å². The van der Waals surface area contributed by atoms with Crippen molar-refractivity contribution in [2.45, 2.75) is 19.1 Å². The second-order valence-corrected chi connectivity index (χ2v) is 7.15. The van der Waals surface area contributed by atoms with Gasteiger partial charge in [-0.25, -0.2) is 0 Å². The van der Waals surface area contributed by atoms with Crippen molar-refractivity contribution in [3.63, 3.8) is 0 Å². The van der Waals surface area contributed by atoms with E-state index < -0.39 is 0 Å². The summed E-state index contributed by atoms with van der Waals surface area (Å²) in [5.74, 6) is 2.11. The number of carbonyl (C=O) groups excluding carboxylic acids is 1. The van der Waals surface area contributed by atoms with Gasteiger partial charge in [-0.1, -0.05) is 6.07 Å². The van der Waals surface area contributed by atoms with Gasteiger partial charge in [0.1, 0.15) is 0 Å². The summed E-state index contributed by atoms with van der Waals surface area (Å²) >= 11 is 3.53. The number of thiophene rings is 1. The Morgan fingerprint density at radius 1 is 1.35 bits per heavy atom. The molecule has 3 rings (SSSR count). The summed E-state index contributed by atoms with van der Waals surface area (Å²) in [5.41, 5.74) is 9.58. The number of hydrogen-bond acceptors (Lipinski definition) is 4. The second kappa shape index (κ2) is 5.50. The summed E-state index contributed by atoms with van der Waals surface area (Å²) in [6, 6.07) is 7.68. The van der Waals surface area contributed by atoms with Crippen LogP contribution in [0.2, 0.25) is 0 Å². The van der Waals surface area contributed by atoms with Crippen LogP contribution >= 0.6 is 23.1 Å². The third-order valence-corrected chi connectivity index (χ3v) is 5.55. The van der Waals surface area contributed by atoms with Gasteiger partial charge in [-0.05, 0) is 48.4 Å². The van der Waals surface area contributed by atoms with Crippen molar-refractivity contribution in [2.24, 2.45) is 0 Å². The molecule has 1 aliphatic rings. The van der Waals surface area contributed by atoms with Crippen LogP contribution in [-0.4, -0.2) is 11.7 Å². The van der Waals surface area contributed by atoms with E-state index in [0.717, 1.165) is 28.4 Å². The van der Waals surface area contributed by atoms with Crippen molar-refractivity contribution in [1.29, 1.82) is 0 Å². The third kappa shape index (κ3) is 2.69. The van der Waals surface area contributed by atoms with E-state index in [0.29, 0.717) is 11.4 Å². The highest BCUT2D eigenvalue weighted by Crippen LogP contribution is 2.32. The van der Waals surface area contributed by atoms with Crippen LogP contribution in [0, 0.1) is 6.92 Å². The Bertz CT molecular complexity index is 640. The van der Waals surface area contributed by atoms with E-state index in [4.69, 9.17) is 5.73 Å². The van der Waals surface area contributed by atoms with Crippen LogP contribution in [0.3, 0.4) is 0 Å². The maximum Gasteiger partial charge on any atom is 0.265 e. The molecule has 0 fully saturated rings. The van der Waals surface area contributed by atoms with Gasteiger partial charge < -0.3 is 11.1 Å². The molecule has 1 aliphatic heterocycles. The van der Waals surface area contributed by atoms with Crippen LogP contribution in [0.25, 0.3) is 0 Å². The van der Waals surface area contributed by atoms with Gasteiger partial charge in [0.25, 0.3) is 5.91 Å².